The zero-order valence-electron chi connectivity index (χ0n) is 14.1. The van der Waals surface area contributed by atoms with E-state index in [0.717, 1.165) is 0 Å². The first kappa shape index (κ1) is 23.8. The van der Waals surface area contributed by atoms with Gasteiger partial charge in [-0.25, -0.2) is 9.59 Å². The molecule has 2 N–H and O–H groups in total. The van der Waals surface area contributed by atoms with Gasteiger partial charge < -0.3 is 20.4 Å². The zero-order chi connectivity index (χ0) is 20.0. The minimum absolute atomic E-state index is 0. The second-order valence-electron chi connectivity index (χ2n) is 5.09. The fourth-order valence-corrected chi connectivity index (χ4v) is 1.97. The molecule has 0 saturated carbocycles. The molecule has 0 saturated heterocycles. The second-order valence-corrected chi connectivity index (χ2v) is 5.09. The largest absolute Gasteiger partial charge is 2.00 e. The van der Waals surface area contributed by atoms with Crippen molar-refractivity contribution in [2.24, 2.45) is 0 Å². The number of carbonyl (C=O) groups excluding carboxylic acids is 2. The Hall–Kier alpha value is -3.16. The van der Waals surface area contributed by atoms with Gasteiger partial charge in [0.15, 0.2) is 11.6 Å². The van der Waals surface area contributed by atoms with Crippen molar-refractivity contribution in [1.82, 2.24) is 0 Å². The summed E-state index contributed by atoms with van der Waals surface area (Å²) in [5.74, 6) is -4.91. The van der Waals surface area contributed by atoms with Crippen LogP contribution in [0.3, 0.4) is 0 Å². The summed E-state index contributed by atoms with van der Waals surface area (Å²) in [4.78, 5) is 42.7. The predicted octanol–water partition coefficient (Wildman–Crippen LogP) is 1.32. The molecule has 2 aromatic rings. The van der Waals surface area contributed by atoms with Crippen LogP contribution >= 0.6 is 0 Å². The minimum atomic E-state index is -1.31. The molecule has 0 unspecified atom stereocenters. The number of Topliss-reactive ketones (excluding diaryl/α,β-unsaturated/α-hetero) is 2. The Balaban J connectivity index is 0.000000483. The standard InChI is InChI=1S/2C9H8O4.Cu/c2*1-5(10)6-3-2-4-7(8(6)11)9(12)13;/h2*2-4,11H,1H3,(H,12,13);/q;;+2/p-2. The van der Waals surface area contributed by atoms with Crippen molar-refractivity contribution < 1.29 is 56.7 Å². The normalized spacial score (nSPS) is 9.26. The number of aromatic carboxylic acids is 2. The van der Waals surface area contributed by atoms with Gasteiger partial charge in [0.05, 0.1) is 11.1 Å². The fraction of sp³-hybridized carbons (Fsp3) is 0.111. The Labute approximate surface area is 164 Å². The van der Waals surface area contributed by atoms with E-state index in [2.05, 4.69) is 0 Å². The summed E-state index contributed by atoms with van der Waals surface area (Å²) in [6.07, 6.45) is 0. The molecule has 9 heteroatoms. The summed E-state index contributed by atoms with van der Waals surface area (Å²) in [5, 5.41) is 39.6. The van der Waals surface area contributed by atoms with Gasteiger partial charge in [0.1, 0.15) is 0 Å². The minimum Gasteiger partial charge on any atom is -0.871 e. The molecule has 145 valence electrons. The molecule has 0 fully saturated rings. The molecular weight excluding hydrogens is 408 g/mol. The van der Waals surface area contributed by atoms with Crippen molar-refractivity contribution >= 4 is 23.5 Å². The topological polar surface area (TPSA) is 155 Å². The maximum atomic E-state index is 11.3. The number of hydrogen-bond donors (Lipinski definition) is 2. The zero-order valence-corrected chi connectivity index (χ0v) is 15.1. The van der Waals surface area contributed by atoms with Gasteiger partial charge >= 0.3 is 29.0 Å². The molecule has 0 heterocycles. The van der Waals surface area contributed by atoms with Crippen LogP contribution < -0.4 is 10.2 Å². The number of para-hydroxylation sites is 2. The van der Waals surface area contributed by atoms with E-state index in [9.17, 15) is 29.4 Å². The summed E-state index contributed by atoms with van der Waals surface area (Å²) in [6, 6.07) is 7.74. The van der Waals surface area contributed by atoms with Crippen LogP contribution in [0, 0.1) is 0 Å². The quantitative estimate of drug-likeness (QED) is 0.553. The van der Waals surface area contributed by atoms with Gasteiger partial charge in [-0.05, 0) is 26.0 Å². The first-order valence-electron chi connectivity index (χ1n) is 7.16. The average Bonchev–Trinajstić information content (AvgIpc) is 2.54. The number of carbonyl (C=O) groups is 4. The van der Waals surface area contributed by atoms with E-state index in [1.165, 1.54) is 50.2 Å². The fourth-order valence-electron chi connectivity index (χ4n) is 1.97. The summed E-state index contributed by atoms with van der Waals surface area (Å²) in [7, 11) is 0. The van der Waals surface area contributed by atoms with E-state index in [1.807, 2.05) is 0 Å². The first-order valence-corrected chi connectivity index (χ1v) is 7.16. The summed E-state index contributed by atoms with van der Waals surface area (Å²) in [5.41, 5.74) is -0.903. The van der Waals surface area contributed by atoms with Crippen molar-refractivity contribution in [2.75, 3.05) is 0 Å². The molecule has 0 aliphatic carbocycles. The number of benzene rings is 2. The molecule has 27 heavy (non-hydrogen) atoms. The van der Waals surface area contributed by atoms with Gasteiger partial charge in [-0.3, -0.25) is 9.59 Å². The van der Waals surface area contributed by atoms with Gasteiger partial charge in [-0.1, -0.05) is 35.8 Å². The Kier molecular flexibility index (Phi) is 8.92. The molecule has 0 aromatic heterocycles. The van der Waals surface area contributed by atoms with E-state index in [4.69, 9.17) is 10.2 Å². The molecule has 2 rings (SSSR count). The van der Waals surface area contributed by atoms with Gasteiger partial charge in [0.25, 0.3) is 0 Å². The molecule has 0 aliphatic heterocycles. The van der Waals surface area contributed by atoms with Crippen LogP contribution in [0.4, 0.5) is 0 Å². The molecule has 8 nitrogen and oxygen atoms in total. The summed E-state index contributed by atoms with van der Waals surface area (Å²) >= 11 is 0. The maximum Gasteiger partial charge on any atom is 2.00 e. The number of carboxylic acids is 2. The predicted molar refractivity (Wildman–Crippen MR) is 85.7 cm³/mol. The average molecular weight is 422 g/mol. The Bertz CT molecular complexity index is 751. The smallest absolute Gasteiger partial charge is 0.871 e. The van der Waals surface area contributed by atoms with Crippen molar-refractivity contribution in [1.29, 1.82) is 0 Å². The Morgan fingerprint density at radius 1 is 0.667 bits per heavy atom. The molecule has 0 aliphatic rings. The molecule has 2 aromatic carbocycles. The van der Waals surface area contributed by atoms with Crippen molar-refractivity contribution in [3.63, 3.8) is 0 Å². The van der Waals surface area contributed by atoms with Crippen LogP contribution in [-0.4, -0.2) is 33.7 Å². The molecule has 0 bridgehead atoms. The van der Waals surface area contributed by atoms with Gasteiger partial charge in [0.2, 0.25) is 0 Å². The van der Waals surface area contributed by atoms with Crippen LogP contribution in [0.1, 0.15) is 55.3 Å². The van der Waals surface area contributed by atoms with Crippen molar-refractivity contribution in [3.05, 3.63) is 58.7 Å². The van der Waals surface area contributed by atoms with Crippen LogP contribution in [0.25, 0.3) is 0 Å². The van der Waals surface area contributed by atoms with Crippen molar-refractivity contribution in [3.8, 4) is 11.5 Å². The van der Waals surface area contributed by atoms with Crippen LogP contribution in [-0.2, 0) is 17.1 Å². The number of rotatable bonds is 4. The summed E-state index contributed by atoms with van der Waals surface area (Å²) in [6.45, 7) is 2.45. The number of hydrogen-bond acceptors (Lipinski definition) is 6. The Morgan fingerprint density at radius 2 is 0.926 bits per heavy atom. The third-order valence-corrected chi connectivity index (χ3v) is 3.25. The van der Waals surface area contributed by atoms with E-state index in [0.29, 0.717) is 0 Å². The van der Waals surface area contributed by atoms with E-state index < -0.39 is 35.0 Å². The van der Waals surface area contributed by atoms with Gasteiger partial charge in [0, 0.05) is 11.1 Å². The first-order chi connectivity index (χ1) is 12.1. The van der Waals surface area contributed by atoms with Crippen LogP contribution in [0.2, 0.25) is 0 Å². The molecule has 0 atom stereocenters. The van der Waals surface area contributed by atoms with E-state index >= 15 is 0 Å². The monoisotopic (exact) mass is 421 g/mol. The molecule has 0 amide bonds. The maximum absolute atomic E-state index is 11.3. The third kappa shape index (κ3) is 5.95. The van der Waals surface area contributed by atoms with Crippen LogP contribution in [0.5, 0.6) is 11.5 Å². The van der Waals surface area contributed by atoms with Gasteiger partial charge in [-0.15, -0.1) is 0 Å². The number of carboxylic acid groups (broad SMARTS) is 2. The summed E-state index contributed by atoms with van der Waals surface area (Å²) < 4.78 is 0. The second kappa shape index (κ2) is 10.1. The molecule has 1 radical (unpaired) electrons. The molecule has 0 spiro atoms. The molecular formula is C18H14CuO8. The van der Waals surface area contributed by atoms with E-state index in [-0.39, 0.29) is 39.3 Å². The van der Waals surface area contributed by atoms with E-state index in [1.54, 1.807) is 0 Å². The Morgan fingerprint density at radius 3 is 1.15 bits per heavy atom. The van der Waals surface area contributed by atoms with Crippen LogP contribution in [0.15, 0.2) is 36.4 Å². The third-order valence-electron chi connectivity index (χ3n) is 3.25. The van der Waals surface area contributed by atoms with Crippen molar-refractivity contribution in [2.45, 2.75) is 13.8 Å². The van der Waals surface area contributed by atoms with Gasteiger partial charge in [-0.2, -0.15) is 0 Å². The number of ketones is 2. The SMILES string of the molecule is CC(=O)c1cccc(C(=O)O)c1[O-].CC(=O)c1cccc(C(=O)O)c1[O-].[Cu+2].